The molecule has 3 N–H and O–H groups in total. The highest BCUT2D eigenvalue weighted by molar-refractivity contribution is 5.98. The lowest BCUT2D eigenvalue weighted by Gasteiger charge is -2.16. The summed E-state index contributed by atoms with van der Waals surface area (Å²) in [5.41, 5.74) is 8.41. The van der Waals surface area contributed by atoms with Gasteiger partial charge in [-0.25, -0.2) is 14.4 Å². The average Bonchev–Trinajstić information content (AvgIpc) is 3.26. The second kappa shape index (κ2) is 9.55. The molecule has 0 aliphatic carbocycles. The number of rotatable bonds is 7. The molecule has 30 heavy (non-hydrogen) atoms. The van der Waals surface area contributed by atoms with Crippen molar-refractivity contribution in [2.75, 3.05) is 0 Å². The molecule has 1 aromatic carbocycles. The Hall–Kier alpha value is -3.88. The molecule has 9 heteroatoms. The predicted octanol–water partition coefficient (Wildman–Crippen LogP) is 2.86. The van der Waals surface area contributed by atoms with Crippen molar-refractivity contribution < 1.29 is 9.18 Å². The predicted molar refractivity (Wildman–Crippen MR) is 112 cm³/mol. The number of nitrogens with one attached hydrogen (secondary N) is 1. The van der Waals surface area contributed by atoms with Gasteiger partial charge in [0.05, 0.1) is 29.8 Å². The molecule has 1 unspecified atom stereocenters. The zero-order chi connectivity index (χ0) is 21.5. The molecule has 2 aromatic heterocycles. The van der Waals surface area contributed by atoms with Gasteiger partial charge in [-0.1, -0.05) is 11.6 Å². The molecule has 0 aliphatic heterocycles. The number of halogens is 1. The smallest absolute Gasteiger partial charge is 0.253 e. The van der Waals surface area contributed by atoms with Crippen molar-refractivity contribution in [3.8, 4) is 5.69 Å². The van der Waals surface area contributed by atoms with Crippen LogP contribution in [0.15, 0.2) is 65.7 Å². The van der Waals surface area contributed by atoms with Gasteiger partial charge < -0.3 is 11.1 Å². The minimum absolute atomic E-state index is 0.223. The Morgan fingerprint density at radius 2 is 2.07 bits per heavy atom. The number of carbonyl (C=O) groups excluding carboxylic acids is 1. The lowest BCUT2D eigenvalue weighted by atomic mass is 10.1. The monoisotopic (exact) mass is 407 g/mol. The molecule has 1 atom stereocenters. The first-order valence-corrected chi connectivity index (χ1v) is 9.31. The van der Waals surface area contributed by atoms with Crippen molar-refractivity contribution >= 4 is 17.9 Å². The first-order valence-electron chi connectivity index (χ1n) is 9.31. The van der Waals surface area contributed by atoms with Gasteiger partial charge in [-0.2, -0.15) is 15.0 Å². The second-order valence-corrected chi connectivity index (χ2v) is 6.75. The van der Waals surface area contributed by atoms with Crippen LogP contribution in [0.2, 0.25) is 0 Å². The Bertz CT molecular complexity index is 1060. The molecule has 154 valence electrons. The Morgan fingerprint density at radius 1 is 1.30 bits per heavy atom. The van der Waals surface area contributed by atoms with E-state index in [0.717, 1.165) is 11.8 Å². The number of aryl methyl sites for hydroxylation is 1. The maximum absolute atomic E-state index is 12.9. The van der Waals surface area contributed by atoms with E-state index in [4.69, 9.17) is 5.73 Å². The average molecular weight is 407 g/mol. The highest BCUT2D eigenvalue weighted by Crippen LogP contribution is 2.16. The van der Waals surface area contributed by atoms with Crippen LogP contribution in [0.3, 0.4) is 0 Å². The summed E-state index contributed by atoms with van der Waals surface area (Å²) in [7, 11) is 0. The number of carbonyl (C=O) groups is 1. The first kappa shape index (κ1) is 20.8. The number of pyridine rings is 1. The van der Waals surface area contributed by atoms with Crippen LogP contribution in [-0.4, -0.2) is 38.1 Å². The lowest BCUT2D eigenvalue weighted by molar-refractivity contribution is 0.0940. The fourth-order valence-corrected chi connectivity index (χ4v) is 2.81. The molecule has 0 saturated carbocycles. The lowest BCUT2D eigenvalue weighted by Crippen LogP contribution is -2.34. The zero-order valence-electron chi connectivity index (χ0n) is 16.7. The number of benzene rings is 1. The Kier molecular flexibility index (Phi) is 6.63. The van der Waals surface area contributed by atoms with Gasteiger partial charge in [-0.05, 0) is 56.3 Å². The van der Waals surface area contributed by atoms with Crippen molar-refractivity contribution in [3.63, 3.8) is 0 Å². The van der Waals surface area contributed by atoms with Gasteiger partial charge in [0, 0.05) is 12.3 Å². The van der Waals surface area contributed by atoms with Crippen LogP contribution >= 0.6 is 0 Å². The third-order valence-corrected chi connectivity index (χ3v) is 4.24. The third kappa shape index (κ3) is 5.34. The summed E-state index contributed by atoms with van der Waals surface area (Å²) < 4.78 is 12.9. The van der Waals surface area contributed by atoms with Crippen molar-refractivity contribution in [3.05, 3.63) is 77.6 Å². The third-order valence-electron chi connectivity index (χ3n) is 4.24. The number of hydrogen-bond acceptors (Lipinski definition) is 6. The van der Waals surface area contributed by atoms with Crippen LogP contribution in [0.25, 0.3) is 5.69 Å². The zero-order valence-corrected chi connectivity index (χ0v) is 16.7. The Balaban J connectivity index is 1.68. The Labute approximate surface area is 173 Å². The van der Waals surface area contributed by atoms with E-state index in [-0.39, 0.29) is 11.9 Å². The maximum Gasteiger partial charge on any atom is 0.253 e. The molecule has 3 rings (SSSR count). The molecule has 0 spiro atoms. The van der Waals surface area contributed by atoms with E-state index in [1.807, 2.05) is 26.0 Å². The molecule has 0 saturated heterocycles. The number of nitrogens with two attached hydrogens (primary N) is 1. The van der Waals surface area contributed by atoms with Gasteiger partial charge in [0.1, 0.15) is 5.82 Å². The molecular formula is C21H22FN7O. The van der Waals surface area contributed by atoms with Crippen LogP contribution in [-0.2, 0) is 0 Å². The minimum atomic E-state index is -0.430. The van der Waals surface area contributed by atoms with E-state index in [2.05, 4.69) is 25.5 Å². The largest absolute Gasteiger partial charge is 0.404 e. The van der Waals surface area contributed by atoms with E-state index < -0.39 is 5.82 Å². The summed E-state index contributed by atoms with van der Waals surface area (Å²) in [6.07, 6.45) is 7.62. The van der Waals surface area contributed by atoms with Crippen molar-refractivity contribution in [1.82, 2.24) is 25.3 Å². The summed E-state index contributed by atoms with van der Waals surface area (Å²) >= 11 is 0. The fourth-order valence-electron chi connectivity index (χ4n) is 2.81. The van der Waals surface area contributed by atoms with E-state index in [9.17, 15) is 9.18 Å². The molecule has 0 fully saturated rings. The van der Waals surface area contributed by atoms with Crippen LogP contribution < -0.4 is 11.1 Å². The van der Waals surface area contributed by atoms with Crippen molar-refractivity contribution in [1.29, 1.82) is 0 Å². The fraction of sp³-hybridized carbons (Fsp3) is 0.190. The van der Waals surface area contributed by atoms with Gasteiger partial charge >= 0.3 is 0 Å². The van der Waals surface area contributed by atoms with Crippen LogP contribution in [0.4, 0.5) is 10.2 Å². The topological polar surface area (TPSA) is 111 Å². The number of hydrogen-bond donors (Lipinski definition) is 2. The van der Waals surface area contributed by atoms with Crippen molar-refractivity contribution in [2.24, 2.45) is 10.7 Å². The van der Waals surface area contributed by atoms with E-state index in [1.54, 1.807) is 24.7 Å². The van der Waals surface area contributed by atoms with Gasteiger partial charge in [0.25, 0.3) is 5.91 Å². The van der Waals surface area contributed by atoms with Crippen LogP contribution in [0.1, 0.15) is 29.3 Å². The minimum Gasteiger partial charge on any atom is -0.404 e. The number of amides is 1. The van der Waals surface area contributed by atoms with E-state index >= 15 is 0 Å². The molecule has 0 radical (unpaired) electrons. The van der Waals surface area contributed by atoms with E-state index in [0.29, 0.717) is 29.1 Å². The highest BCUT2D eigenvalue weighted by atomic mass is 19.1. The molecular weight excluding hydrogens is 385 g/mol. The van der Waals surface area contributed by atoms with Gasteiger partial charge in [0.2, 0.25) is 0 Å². The molecule has 2 heterocycles. The summed E-state index contributed by atoms with van der Waals surface area (Å²) in [6.45, 7) is 3.78. The van der Waals surface area contributed by atoms with Gasteiger partial charge in [-0.15, -0.1) is 0 Å². The quantitative estimate of drug-likeness (QED) is 0.585. The number of aromatic nitrogens is 4. The number of nitrogens with zero attached hydrogens (tertiary/aromatic N) is 5. The summed E-state index contributed by atoms with van der Waals surface area (Å²) in [5, 5.41) is 11.2. The normalized spacial score (nSPS) is 12.8. The van der Waals surface area contributed by atoms with Crippen molar-refractivity contribution in [2.45, 2.75) is 26.3 Å². The molecule has 0 aliphatic rings. The molecule has 0 bridgehead atoms. The Morgan fingerprint density at radius 3 is 2.73 bits per heavy atom. The van der Waals surface area contributed by atoms with E-state index in [1.165, 1.54) is 23.1 Å². The molecule has 1 amide bonds. The van der Waals surface area contributed by atoms with Gasteiger partial charge in [0.15, 0.2) is 5.82 Å². The highest BCUT2D eigenvalue weighted by Gasteiger charge is 2.17. The van der Waals surface area contributed by atoms with Crippen LogP contribution in [0.5, 0.6) is 0 Å². The summed E-state index contributed by atoms with van der Waals surface area (Å²) in [5.74, 6) is -0.309. The maximum atomic E-state index is 12.9. The SMILES string of the molecule is Cc1ccc(-n2nccn2)c(C(=O)NC(C)CC(C=Nc2ccc(F)cn2)=CN)c1. The summed E-state index contributed by atoms with van der Waals surface area (Å²) in [6, 6.07) is 8.02. The number of aliphatic imine (C=N–C) groups is 1. The van der Waals surface area contributed by atoms with Crippen LogP contribution in [0, 0.1) is 12.7 Å². The van der Waals surface area contributed by atoms with Gasteiger partial charge in [-0.3, -0.25) is 4.79 Å². The second-order valence-electron chi connectivity index (χ2n) is 6.75. The molecule has 8 nitrogen and oxygen atoms in total. The summed E-state index contributed by atoms with van der Waals surface area (Å²) in [4.78, 5) is 22.4. The first-order chi connectivity index (χ1) is 14.5. The standard InChI is InChI=1S/C21H22FN7O/c1-14-3-5-19(29-26-7-8-27-29)18(9-14)21(30)28-15(2)10-16(11-23)12-24-20-6-4-17(22)13-25-20/h3-9,11-13,15H,10,23H2,1-2H3,(H,28,30). The molecule has 3 aromatic rings.